The second-order valence-corrected chi connectivity index (χ2v) is 4.82. The lowest BCUT2D eigenvalue weighted by Gasteiger charge is -2.26. The first-order valence-corrected chi connectivity index (χ1v) is 6.32. The lowest BCUT2D eigenvalue weighted by Crippen LogP contribution is -2.38. The number of halogens is 1. The Kier molecular flexibility index (Phi) is 4.04. The fourth-order valence-corrected chi connectivity index (χ4v) is 2.93. The molecule has 2 heterocycles. The number of rotatable bonds is 4. The Morgan fingerprint density at radius 3 is 3.06 bits per heavy atom. The Morgan fingerprint density at radius 1 is 1.76 bits per heavy atom. The largest absolute Gasteiger partial charge is 0.378 e. The van der Waals surface area contributed by atoms with Crippen LogP contribution in [0.1, 0.15) is 31.5 Å². The molecular weight excluding hydrogens is 240 g/mol. The number of nitrogens with two attached hydrogens (primary N) is 1. The summed E-state index contributed by atoms with van der Waals surface area (Å²) in [6.07, 6.45) is 3.87. The predicted octanol–water partition coefficient (Wildman–Crippen LogP) is 1.39. The zero-order chi connectivity index (χ0) is 12.4. The molecule has 3 atom stereocenters. The minimum absolute atomic E-state index is 0.0116. The maximum atomic E-state index is 6.17. The molecule has 1 aromatic heterocycles. The average Bonchev–Trinajstić information content (AvgIpc) is 2.91. The summed E-state index contributed by atoms with van der Waals surface area (Å²) in [7, 11) is 1.88. The van der Waals surface area contributed by atoms with Gasteiger partial charge in [0.05, 0.1) is 29.1 Å². The molecule has 1 aromatic rings. The van der Waals surface area contributed by atoms with Crippen LogP contribution in [-0.2, 0) is 11.8 Å². The van der Waals surface area contributed by atoms with E-state index in [0.29, 0.717) is 10.9 Å². The van der Waals surface area contributed by atoms with Crippen molar-refractivity contribution in [1.29, 1.82) is 0 Å². The van der Waals surface area contributed by atoms with Gasteiger partial charge in [-0.2, -0.15) is 5.10 Å². The highest BCUT2D eigenvalue weighted by atomic mass is 35.5. The van der Waals surface area contributed by atoms with Crippen LogP contribution in [0.5, 0.6) is 0 Å². The van der Waals surface area contributed by atoms with Crippen molar-refractivity contribution in [3.63, 3.8) is 0 Å². The van der Waals surface area contributed by atoms with Gasteiger partial charge in [0.1, 0.15) is 0 Å². The van der Waals surface area contributed by atoms with Crippen LogP contribution in [-0.4, -0.2) is 22.5 Å². The first kappa shape index (κ1) is 12.8. The summed E-state index contributed by atoms with van der Waals surface area (Å²) in [6.45, 7) is 2.91. The number of ether oxygens (including phenoxy) is 1. The molecule has 6 heteroatoms. The molecule has 1 saturated heterocycles. The predicted molar refractivity (Wildman–Crippen MR) is 66.4 cm³/mol. The van der Waals surface area contributed by atoms with E-state index in [1.165, 1.54) is 0 Å². The van der Waals surface area contributed by atoms with Gasteiger partial charge in [-0.05, 0) is 12.8 Å². The topological polar surface area (TPSA) is 65.1 Å². The molecule has 96 valence electrons. The number of aromatic nitrogens is 2. The maximum Gasteiger partial charge on any atom is 0.0834 e. The number of hydrogen-bond acceptors (Lipinski definition) is 4. The molecule has 1 aliphatic heterocycles. The van der Waals surface area contributed by atoms with Crippen LogP contribution in [0.3, 0.4) is 0 Å². The summed E-state index contributed by atoms with van der Waals surface area (Å²) in [5.74, 6) is 6.04. The van der Waals surface area contributed by atoms with Crippen molar-refractivity contribution in [2.24, 2.45) is 18.8 Å². The zero-order valence-electron chi connectivity index (χ0n) is 10.2. The molecular formula is C11H19ClN4O. The van der Waals surface area contributed by atoms with Gasteiger partial charge in [0.25, 0.3) is 0 Å². The summed E-state index contributed by atoms with van der Waals surface area (Å²) < 4.78 is 7.48. The third-order valence-electron chi connectivity index (χ3n) is 3.50. The van der Waals surface area contributed by atoms with Crippen molar-refractivity contribution in [1.82, 2.24) is 15.2 Å². The molecule has 0 bridgehead atoms. The molecule has 1 fully saturated rings. The summed E-state index contributed by atoms with van der Waals surface area (Å²) in [4.78, 5) is 0. The monoisotopic (exact) mass is 258 g/mol. The van der Waals surface area contributed by atoms with Crippen LogP contribution in [0.15, 0.2) is 6.20 Å². The standard InChI is InChI=1S/C11H19ClN4O/c1-3-9-7(4-5-17-9)10(15-13)11-8(12)6-14-16(11)2/h6-7,9-10,15H,3-5,13H2,1-2H3. The van der Waals surface area contributed by atoms with Crippen LogP contribution in [0.25, 0.3) is 0 Å². The molecule has 0 radical (unpaired) electrons. The lowest BCUT2D eigenvalue weighted by molar-refractivity contribution is 0.0765. The van der Waals surface area contributed by atoms with Gasteiger partial charge in [0.2, 0.25) is 0 Å². The quantitative estimate of drug-likeness (QED) is 0.633. The summed E-state index contributed by atoms with van der Waals surface area (Å²) in [6, 6.07) is -0.0116. The van der Waals surface area contributed by atoms with Crippen LogP contribution in [0.4, 0.5) is 0 Å². The van der Waals surface area contributed by atoms with Crippen molar-refractivity contribution in [2.45, 2.75) is 31.9 Å². The third-order valence-corrected chi connectivity index (χ3v) is 3.79. The van der Waals surface area contributed by atoms with Gasteiger partial charge in [-0.3, -0.25) is 16.0 Å². The van der Waals surface area contributed by atoms with Crippen molar-refractivity contribution in [2.75, 3.05) is 6.61 Å². The van der Waals surface area contributed by atoms with Crippen LogP contribution < -0.4 is 11.3 Å². The second-order valence-electron chi connectivity index (χ2n) is 4.42. The van der Waals surface area contributed by atoms with Gasteiger partial charge >= 0.3 is 0 Å². The molecule has 5 nitrogen and oxygen atoms in total. The van der Waals surface area contributed by atoms with Gasteiger partial charge < -0.3 is 4.74 Å². The van der Waals surface area contributed by atoms with Gasteiger partial charge in [0, 0.05) is 19.6 Å². The first-order valence-electron chi connectivity index (χ1n) is 5.94. The van der Waals surface area contributed by atoms with E-state index in [9.17, 15) is 0 Å². The van der Waals surface area contributed by atoms with E-state index in [2.05, 4.69) is 17.4 Å². The Hall–Kier alpha value is -0.620. The maximum absolute atomic E-state index is 6.17. The minimum Gasteiger partial charge on any atom is -0.378 e. The molecule has 3 N–H and O–H groups in total. The van der Waals surface area contributed by atoms with E-state index < -0.39 is 0 Å². The zero-order valence-corrected chi connectivity index (χ0v) is 10.9. The van der Waals surface area contributed by atoms with Gasteiger partial charge in [-0.15, -0.1) is 0 Å². The molecule has 17 heavy (non-hydrogen) atoms. The third kappa shape index (κ3) is 2.33. The molecule has 0 amide bonds. The number of nitrogens with zero attached hydrogens (tertiary/aromatic N) is 2. The van der Waals surface area contributed by atoms with E-state index in [0.717, 1.165) is 25.1 Å². The molecule has 1 aliphatic rings. The van der Waals surface area contributed by atoms with Gasteiger partial charge in [-0.25, -0.2) is 0 Å². The first-order chi connectivity index (χ1) is 8.19. The smallest absolute Gasteiger partial charge is 0.0834 e. The van der Waals surface area contributed by atoms with E-state index in [4.69, 9.17) is 22.2 Å². The molecule has 3 unspecified atom stereocenters. The minimum atomic E-state index is -0.0116. The van der Waals surface area contributed by atoms with Crippen molar-refractivity contribution < 1.29 is 4.74 Å². The second kappa shape index (κ2) is 5.35. The van der Waals surface area contributed by atoms with Crippen molar-refractivity contribution >= 4 is 11.6 Å². The fourth-order valence-electron chi connectivity index (χ4n) is 2.64. The number of aryl methyl sites for hydroxylation is 1. The van der Waals surface area contributed by atoms with E-state index >= 15 is 0 Å². The number of hydrazine groups is 1. The average molecular weight is 259 g/mol. The van der Waals surface area contributed by atoms with E-state index in [1.807, 2.05) is 7.05 Å². The summed E-state index contributed by atoms with van der Waals surface area (Å²) in [5, 5.41) is 4.81. The van der Waals surface area contributed by atoms with Crippen LogP contribution in [0.2, 0.25) is 5.02 Å². The highest BCUT2D eigenvalue weighted by Gasteiger charge is 2.36. The van der Waals surface area contributed by atoms with E-state index in [1.54, 1.807) is 10.9 Å². The summed E-state index contributed by atoms with van der Waals surface area (Å²) >= 11 is 6.17. The molecule has 0 spiro atoms. The van der Waals surface area contributed by atoms with E-state index in [-0.39, 0.29) is 12.1 Å². The van der Waals surface area contributed by atoms with Crippen molar-refractivity contribution in [3.8, 4) is 0 Å². The van der Waals surface area contributed by atoms with Gasteiger partial charge in [0.15, 0.2) is 0 Å². The fraction of sp³-hybridized carbons (Fsp3) is 0.727. The SMILES string of the molecule is CCC1OCCC1C(NN)c1c(Cl)cnn1C. The molecule has 0 aliphatic carbocycles. The Morgan fingerprint density at radius 2 is 2.53 bits per heavy atom. The summed E-state index contributed by atoms with van der Waals surface area (Å²) in [5.41, 5.74) is 3.80. The lowest BCUT2D eigenvalue weighted by atomic mass is 9.89. The van der Waals surface area contributed by atoms with Gasteiger partial charge in [-0.1, -0.05) is 18.5 Å². The highest BCUT2D eigenvalue weighted by Crippen LogP contribution is 2.36. The number of hydrogen-bond donors (Lipinski definition) is 2. The molecule has 2 rings (SSSR count). The van der Waals surface area contributed by atoms with Crippen molar-refractivity contribution in [3.05, 3.63) is 16.9 Å². The normalized spacial score (nSPS) is 26.4. The molecule has 0 aromatic carbocycles. The molecule has 0 saturated carbocycles. The van der Waals surface area contributed by atoms with Crippen LogP contribution >= 0.6 is 11.6 Å². The highest BCUT2D eigenvalue weighted by molar-refractivity contribution is 6.31. The Bertz CT molecular complexity index is 362. The number of nitrogens with one attached hydrogen (secondary N) is 1. The van der Waals surface area contributed by atoms with Crippen LogP contribution in [0, 0.1) is 5.92 Å². The Labute approximate surface area is 106 Å². The Balaban J connectivity index is 2.27.